The van der Waals surface area contributed by atoms with Crippen molar-refractivity contribution < 1.29 is 4.79 Å². The largest absolute Gasteiger partial charge is 0.355 e. The molecule has 1 aromatic carbocycles. The number of halogens is 1. The van der Waals surface area contributed by atoms with Crippen LogP contribution in [0.1, 0.15) is 36.4 Å². The van der Waals surface area contributed by atoms with Gasteiger partial charge in [-0.3, -0.25) is 9.89 Å². The molecule has 4 nitrogen and oxygen atoms in total. The molecule has 0 aliphatic heterocycles. The van der Waals surface area contributed by atoms with Gasteiger partial charge in [0.2, 0.25) is 5.91 Å². The average molecular weight is 320 g/mol. The van der Waals surface area contributed by atoms with Crippen LogP contribution in [0.2, 0.25) is 5.02 Å². The Morgan fingerprint density at radius 1 is 1.32 bits per heavy atom. The van der Waals surface area contributed by atoms with E-state index in [1.807, 2.05) is 38.1 Å². The minimum atomic E-state index is -0.228. The molecule has 1 amide bonds. The first kappa shape index (κ1) is 16.6. The van der Waals surface area contributed by atoms with E-state index in [2.05, 4.69) is 29.4 Å². The van der Waals surface area contributed by atoms with Gasteiger partial charge in [-0.1, -0.05) is 43.6 Å². The number of carbonyl (C=O) groups excluding carboxylic acids is 1. The summed E-state index contributed by atoms with van der Waals surface area (Å²) in [5.74, 6) is -0.00673. The number of nitrogens with zero attached hydrogens (tertiary/aromatic N) is 1. The van der Waals surface area contributed by atoms with Crippen molar-refractivity contribution in [2.75, 3.05) is 6.54 Å². The molecule has 0 aliphatic carbocycles. The molecule has 1 heterocycles. The molecular weight excluding hydrogens is 298 g/mol. The molecule has 0 bridgehead atoms. The number of carbonyl (C=O) groups is 1. The zero-order chi connectivity index (χ0) is 16.3. The minimum Gasteiger partial charge on any atom is -0.355 e. The molecule has 0 aliphatic rings. The molecule has 118 valence electrons. The van der Waals surface area contributed by atoms with E-state index in [1.54, 1.807) is 0 Å². The quantitative estimate of drug-likeness (QED) is 0.888. The lowest BCUT2D eigenvalue weighted by molar-refractivity contribution is -0.120. The van der Waals surface area contributed by atoms with Gasteiger partial charge in [-0.2, -0.15) is 5.10 Å². The van der Waals surface area contributed by atoms with E-state index < -0.39 is 0 Å². The summed E-state index contributed by atoms with van der Waals surface area (Å²) in [5.41, 5.74) is 3.59. The van der Waals surface area contributed by atoms with Gasteiger partial charge in [-0.15, -0.1) is 0 Å². The first-order valence-electron chi connectivity index (χ1n) is 7.33. The highest BCUT2D eigenvalue weighted by Crippen LogP contribution is 2.29. The first-order chi connectivity index (χ1) is 10.3. The Balaban J connectivity index is 2.00. The molecule has 0 unspecified atom stereocenters. The molecule has 0 radical (unpaired) electrons. The summed E-state index contributed by atoms with van der Waals surface area (Å²) in [6.45, 7) is 8.51. The minimum absolute atomic E-state index is 0.00673. The maximum atomic E-state index is 12.2. The molecule has 0 saturated carbocycles. The van der Waals surface area contributed by atoms with Crippen LogP contribution in [0.4, 0.5) is 0 Å². The number of H-pyrrole nitrogens is 1. The van der Waals surface area contributed by atoms with Crippen molar-refractivity contribution in [2.24, 2.45) is 0 Å². The van der Waals surface area contributed by atoms with Crippen LogP contribution in [-0.2, 0) is 16.6 Å². The fraction of sp³-hybridized carbons (Fsp3) is 0.412. The maximum Gasteiger partial charge on any atom is 0.224 e. The molecule has 0 saturated heterocycles. The summed E-state index contributed by atoms with van der Waals surface area (Å²) in [5, 5.41) is 10.7. The van der Waals surface area contributed by atoms with E-state index in [0.29, 0.717) is 13.0 Å². The van der Waals surface area contributed by atoms with E-state index in [1.165, 1.54) is 0 Å². The summed E-state index contributed by atoms with van der Waals surface area (Å²) in [6, 6.07) is 7.74. The van der Waals surface area contributed by atoms with Crippen molar-refractivity contribution in [2.45, 2.75) is 39.5 Å². The van der Waals surface area contributed by atoms with Crippen LogP contribution in [0, 0.1) is 13.8 Å². The highest BCUT2D eigenvalue weighted by Gasteiger charge is 2.24. The average Bonchev–Trinajstić information content (AvgIpc) is 2.77. The zero-order valence-corrected chi connectivity index (χ0v) is 14.2. The van der Waals surface area contributed by atoms with Gasteiger partial charge in [0.15, 0.2) is 0 Å². The lowest BCUT2D eigenvalue weighted by Gasteiger charge is -2.26. The lowest BCUT2D eigenvalue weighted by atomic mass is 9.84. The topological polar surface area (TPSA) is 57.8 Å². The Bertz CT molecular complexity index is 657. The Kier molecular flexibility index (Phi) is 4.91. The monoisotopic (exact) mass is 319 g/mol. The van der Waals surface area contributed by atoms with Crippen molar-refractivity contribution in [3.63, 3.8) is 0 Å². The SMILES string of the molecule is Cc1n[nH]c(C)c1CC(=O)NCC(C)(C)c1ccccc1Cl. The number of hydrogen-bond donors (Lipinski definition) is 2. The van der Waals surface area contributed by atoms with E-state index in [-0.39, 0.29) is 11.3 Å². The van der Waals surface area contributed by atoms with Crippen LogP contribution in [0.25, 0.3) is 0 Å². The Morgan fingerprint density at radius 2 is 2.00 bits per heavy atom. The molecule has 2 aromatic rings. The van der Waals surface area contributed by atoms with Gasteiger partial charge >= 0.3 is 0 Å². The van der Waals surface area contributed by atoms with Crippen molar-refractivity contribution in [3.8, 4) is 0 Å². The smallest absolute Gasteiger partial charge is 0.224 e. The Labute approximate surface area is 136 Å². The summed E-state index contributed by atoms with van der Waals surface area (Å²) in [7, 11) is 0. The van der Waals surface area contributed by atoms with Crippen LogP contribution in [0.3, 0.4) is 0 Å². The second-order valence-electron chi connectivity index (χ2n) is 6.23. The molecular formula is C17H22ClN3O. The van der Waals surface area contributed by atoms with E-state index in [4.69, 9.17) is 11.6 Å². The molecule has 1 aromatic heterocycles. The fourth-order valence-corrected chi connectivity index (χ4v) is 2.87. The number of benzene rings is 1. The van der Waals surface area contributed by atoms with Gasteiger partial charge in [-0.05, 0) is 25.5 Å². The molecule has 22 heavy (non-hydrogen) atoms. The highest BCUT2D eigenvalue weighted by atomic mass is 35.5. The van der Waals surface area contributed by atoms with Gasteiger partial charge in [0, 0.05) is 28.2 Å². The fourth-order valence-electron chi connectivity index (χ4n) is 2.48. The number of hydrogen-bond acceptors (Lipinski definition) is 2. The van der Waals surface area contributed by atoms with Gasteiger partial charge in [-0.25, -0.2) is 0 Å². The summed E-state index contributed by atoms with van der Waals surface area (Å²) < 4.78 is 0. The second-order valence-corrected chi connectivity index (χ2v) is 6.64. The van der Waals surface area contributed by atoms with Gasteiger partial charge in [0.25, 0.3) is 0 Å². The van der Waals surface area contributed by atoms with Crippen LogP contribution in [0.15, 0.2) is 24.3 Å². The van der Waals surface area contributed by atoms with Gasteiger partial charge in [0.1, 0.15) is 0 Å². The standard InChI is InChI=1S/C17H22ClN3O/c1-11-13(12(2)21-20-11)9-16(22)19-10-17(3,4)14-7-5-6-8-15(14)18/h5-8H,9-10H2,1-4H3,(H,19,22)(H,20,21). The molecule has 2 rings (SSSR count). The summed E-state index contributed by atoms with van der Waals surface area (Å²) in [4.78, 5) is 12.2. The number of aromatic nitrogens is 2. The number of nitrogens with one attached hydrogen (secondary N) is 2. The van der Waals surface area contributed by atoms with Crippen molar-refractivity contribution in [1.82, 2.24) is 15.5 Å². The maximum absolute atomic E-state index is 12.2. The van der Waals surface area contributed by atoms with Gasteiger partial charge < -0.3 is 5.32 Å². The Morgan fingerprint density at radius 3 is 2.59 bits per heavy atom. The predicted molar refractivity (Wildman–Crippen MR) is 89.3 cm³/mol. The van der Waals surface area contributed by atoms with Crippen LogP contribution < -0.4 is 5.32 Å². The number of rotatable bonds is 5. The number of aryl methyl sites for hydroxylation is 2. The predicted octanol–water partition coefficient (Wildman–Crippen LogP) is 3.32. The molecule has 0 spiro atoms. The third kappa shape index (κ3) is 3.69. The number of aromatic amines is 1. The van der Waals surface area contributed by atoms with Crippen molar-refractivity contribution in [1.29, 1.82) is 0 Å². The van der Waals surface area contributed by atoms with Crippen LogP contribution >= 0.6 is 11.6 Å². The van der Waals surface area contributed by atoms with Crippen molar-refractivity contribution >= 4 is 17.5 Å². The van der Waals surface area contributed by atoms with E-state index in [0.717, 1.165) is 27.5 Å². The molecule has 5 heteroatoms. The first-order valence-corrected chi connectivity index (χ1v) is 7.71. The van der Waals surface area contributed by atoms with Crippen LogP contribution in [0.5, 0.6) is 0 Å². The summed E-state index contributed by atoms with van der Waals surface area (Å²) in [6.07, 6.45) is 0.340. The van der Waals surface area contributed by atoms with E-state index in [9.17, 15) is 4.79 Å². The van der Waals surface area contributed by atoms with Crippen LogP contribution in [-0.4, -0.2) is 22.6 Å². The zero-order valence-electron chi connectivity index (χ0n) is 13.5. The Hall–Kier alpha value is -1.81. The highest BCUT2D eigenvalue weighted by molar-refractivity contribution is 6.31. The molecule has 0 fully saturated rings. The van der Waals surface area contributed by atoms with E-state index >= 15 is 0 Å². The van der Waals surface area contributed by atoms with Gasteiger partial charge in [0.05, 0.1) is 12.1 Å². The molecule has 0 atom stereocenters. The third-order valence-corrected chi connectivity index (χ3v) is 4.28. The second kappa shape index (κ2) is 6.53. The lowest BCUT2D eigenvalue weighted by Crippen LogP contribution is -2.37. The summed E-state index contributed by atoms with van der Waals surface area (Å²) >= 11 is 6.26. The number of amides is 1. The third-order valence-electron chi connectivity index (χ3n) is 3.95. The van der Waals surface area contributed by atoms with Crippen molar-refractivity contribution in [3.05, 3.63) is 51.8 Å². The normalized spacial score (nSPS) is 11.5. The molecule has 2 N–H and O–H groups in total.